The fourth-order valence-corrected chi connectivity index (χ4v) is 9.27. The van der Waals surface area contributed by atoms with Gasteiger partial charge >= 0.3 is 17.0 Å². The van der Waals surface area contributed by atoms with Crippen LogP contribution in [0.5, 0.6) is 0 Å². The van der Waals surface area contributed by atoms with E-state index >= 15 is 0 Å². The lowest BCUT2D eigenvalue weighted by Gasteiger charge is -2.60. The number of hydrogen-bond acceptors (Lipinski definition) is 7. The first-order valence-corrected chi connectivity index (χ1v) is 13.3. The van der Waals surface area contributed by atoms with Crippen LogP contribution in [0.1, 0.15) is 58.8 Å². The largest absolute Gasteiger partial charge is 0.469 e. The predicted molar refractivity (Wildman–Crippen MR) is 104 cm³/mol. The Labute approximate surface area is 192 Å². The Hall–Kier alpha value is -1.38. The maximum absolute atomic E-state index is 13.1. The Balaban J connectivity index is 1.86. The number of esters is 1. The number of Topliss-reactive ketones (excluding diaryl/α,β-unsaturated/α-hetero) is 1. The maximum Gasteiger partial charge on any atom is 0.469 e. The highest BCUT2D eigenvalue weighted by molar-refractivity contribution is 8.13. The van der Waals surface area contributed by atoms with E-state index in [4.69, 9.17) is 4.74 Å². The van der Waals surface area contributed by atoms with Crippen LogP contribution in [0.4, 0.5) is 26.3 Å². The van der Waals surface area contributed by atoms with Crippen molar-refractivity contribution in [3.05, 3.63) is 4.58 Å². The van der Waals surface area contributed by atoms with E-state index in [9.17, 15) is 52.8 Å². The van der Waals surface area contributed by atoms with Crippen LogP contribution in [0.2, 0.25) is 0 Å². The Morgan fingerprint density at radius 2 is 1.32 bits per heavy atom. The number of carbonyl (C=O) groups is 2. The minimum Gasteiger partial charge on any atom is -0.465 e. The predicted octanol–water partition coefficient (Wildman–Crippen LogP) is 3.84. The minimum absolute atomic E-state index is 0.0198. The van der Waals surface area contributed by atoms with E-state index in [1.165, 1.54) is 6.92 Å². The van der Waals surface area contributed by atoms with Crippen LogP contribution >= 0.6 is 0 Å². The van der Waals surface area contributed by atoms with Crippen LogP contribution < -0.4 is 0 Å². The van der Waals surface area contributed by atoms with Gasteiger partial charge < -0.3 is 4.74 Å². The molecule has 15 heteroatoms. The summed E-state index contributed by atoms with van der Waals surface area (Å²) in [6.07, 6.45) is -1.07. The fraction of sp³-hybridized carbons (Fsp3) is 0.842. The molecule has 3 unspecified atom stereocenters. The molecular formula is C19H23F6O7S2-. The van der Waals surface area contributed by atoms with E-state index in [1.54, 1.807) is 0 Å². The second-order valence-corrected chi connectivity index (χ2v) is 14.0. The lowest BCUT2D eigenvalue weighted by Crippen LogP contribution is -2.57. The molecule has 0 saturated heterocycles. The molecule has 0 aromatic heterocycles. The molecule has 4 aliphatic carbocycles. The molecule has 4 bridgehead atoms. The number of alkyl halides is 6. The molecule has 3 atom stereocenters. The minimum atomic E-state index is -6.90. The fourth-order valence-electron chi connectivity index (χ4n) is 6.12. The molecule has 0 aliphatic heterocycles. The summed E-state index contributed by atoms with van der Waals surface area (Å²) in [6.45, 7) is 2.22. The molecule has 4 aliphatic rings. The van der Waals surface area contributed by atoms with Gasteiger partial charge in [-0.15, -0.1) is 6.42 Å². The first-order chi connectivity index (χ1) is 15.2. The summed E-state index contributed by atoms with van der Waals surface area (Å²) in [7, 11) is -13.8. The van der Waals surface area contributed by atoms with Gasteiger partial charge in [-0.1, -0.05) is 4.58 Å². The average Bonchev–Trinajstić information content (AvgIpc) is 2.62. The molecule has 7 nitrogen and oxygen atoms in total. The highest BCUT2D eigenvalue weighted by atomic mass is 32.3. The van der Waals surface area contributed by atoms with Crippen LogP contribution in [-0.4, -0.2) is 45.7 Å². The third-order valence-electron chi connectivity index (χ3n) is 7.21. The van der Waals surface area contributed by atoms with Crippen molar-refractivity contribution < 1.29 is 57.5 Å². The number of sulfone groups is 2. The van der Waals surface area contributed by atoms with E-state index < -0.39 is 64.6 Å². The highest BCUT2D eigenvalue weighted by Gasteiger charge is 2.63. The Morgan fingerprint density at radius 3 is 1.71 bits per heavy atom. The molecule has 0 spiro atoms. The lowest BCUT2D eigenvalue weighted by atomic mass is 9.43. The van der Waals surface area contributed by atoms with Crippen molar-refractivity contribution in [2.45, 2.75) is 75.9 Å². The van der Waals surface area contributed by atoms with Gasteiger partial charge in [-0.05, 0) is 64.2 Å². The molecule has 4 fully saturated rings. The van der Waals surface area contributed by atoms with E-state index in [1.807, 2.05) is 0 Å². The Kier molecular flexibility index (Phi) is 6.46. The van der Waals surface area contributed by atoms with Crippen molar-refractivity contribution in [1.29, 1.82) is 0 Å². The molecule has 0 aromatic rings. The van der Waals surface area contributed by atoms with Gasteiger partial charge in [-0.2, -0.15) is 26.3 Å². The van der Waals surface area contributed by atoms with E-state index in [-0.39, 0.29) is 24.0 Å². The number of rotatable bonds is 7. The van der Waals surface area contributed by atoms with Crippen molar-refractivity contribution in [3.63, 3.8) is 0 Å². The molecule has 0 radical (unpaired) electrons. The SMILES string of the molecule is CC(=O)C12CC3CC(C1)CC(C(=O)OC(C)C[C-](S(=O)(=O)C(F)(F)F)S(=O)(=O)C(F)(F)F)(C3)C2. The van der Waals surface area contributed by atoms with Gasteiger partial charge in [0.1, 0.15) is 25.5 Å². The lowest BCUT2D eigenvalue weighted by molar-refractivity contribution is -0.186. The first-order valence-electron chi connectivity index (χ1n) is 10.4. The quantitative estimate of drug-likeness (QED) is 0.274. The summed E-state index contributed by atoms with van der Waals surface area (Å²) in [5, 5.41) is 0. The van der Waals surface area contributed by atoms with Gasteiger partial charge in [0.15, 0.2) is 0 Å². The zero-order valence-corrected chi connectivity index (χ0v) is 19.8. The van der Waals surface area contributed by atoms with Crippen molar-refractivity contribution in [1.82, 2.24) is 0 Å². The summed E-state index contributed by atoms with van der Waals surface area (Å²) in [5.41, 5.74) is -14.6. The monoisotopic (exact) mass is 541 g/mol. The summed E-state index contributed by atoms with van der Waals surface area (Å²) in [4.78, 5) is 25.4. The van der Waals surface area contributed by atoms with Crippen molar-refractivity contribution in [2.75, 3.05) is 0 Å². The smallest absolute Gasteiger partial charge is 0.465 e. The van der Waals surface area contributed by atoms with Gasteiger partial charge in [0.05, 0.1) is 11.5 Å². The number of hydrogen-bond donors (Lipinski definition) is 0. The van der Waals surface area contributed by atoms with Crippen LogP contribution in [0, 0.1) is 27.2 Å². The van der Waals surface area contributed by atoms with Crippen LogP contribution in [0.25, 0.3) is 0 Å². The topological polar surface area (TPSA) is 112 Å². The van der Waals surface area contributed by atoms with Crippen molar-refractivity contribution >= 4 is 31.4 Å². The van der Waals surface area contributed by atoms with Crippen LogP contribution in [-0.2, 0) is 34.0 Å². The molecule has 4 rings (SSSR count). The Bertz CT molecular complexity index is 1020. The second-order valence-electron chi connectivity index (χ2n) is 9.77. The van der Waals surface area contributed by atoms with Gasteiger partial charge in [0.25, 0.3) is 0 Å². The molecule has 4 saturated carbocycles. The number of carbonyl (C=O) groups excluding carboxylic acids is 2. The highest BCUT2D eigenvalue weighted by Crippen LogP contribution is 2.66. The van der Waals surface area contributed by atoms with Gasteiger partial charge in [-0.25, -0.2) is 0 Å². The number of halogens is 6. The van der Waals surface area contributed by atoms with Gasteiger partial charge in [-0.3, -0.25) is 26.4 Å². The second kappa shape index (κ2) is 8.07. The molecule has 196 valence electrons. The van der Waals surface area contributed by atoms with E-state index in [0.29, 0.717) is 25.7 Å². The van der Waals surface area contributed by atoms with E-state index in [2.05, 4.69) is 0 Å². The third kappa shape index (κ3) is 4.35. The van der Waals surface area contributed by atoms with Crippen LogP contribution in [0.3, 0.4) is 0 Å². The van der Waals surface area contributed by atoms with Gasteiger partial charge in [0.2, 0.25) is 0 Å². The van der Waals surface area contributed by atoms with Gasteiger partial charge in [0, 0.05) is 5.41 Å². The molecule has 0 N–H and O–H groups in total. The molecule has 0 heterocycles. The van der Waals surface area contributed by atoms with Crippen molar-refractivity contribution in [3.8, 4) is 0 Å². The number of ether oxygens (including phenoxy) is 1. The van der Waals surface area contributed by atoms with Crippen molar-refractivity contribution in [2.24, 2.45) is 22.7 Å². The summed E-state index contributed by atoms with van der Waals surface area (Å²) < 4.78 is 127. The van der Waals surface area contributed by atoms with Crippen LogP contribution in [0.15, 0.2) is 0 Å². The first kappa shape index (κ1) is 27.2. The standard InChI is InChI=1S/C19H23F6O7S2/c1-10(3-14(33(28,29)18(20,21)22)34(30,31)19(23,24)25)32-15(27)17-7-12-4-13(8-17)6-16(5-12,9-17)11(2)26/h10,12-13H,3-9H2,1-2H3/q-1. The third-order valence-corrected chi connectivity index (χ3v) is 11.3. The molecule has 0 aromatic carbocycles. The van der Waals surface area contributed by atoms with E-state index in [0.717, 1.165) is 13.3 Å². The summed E-state index contributed by atoms with van der Waals surface area (Å²) in [6, 6.07) is 0. The summed E-state index contributed by atoms with van der Waals surface area (Å²) in [5.74, 6) is -1.06. The molecule has 34 heavy (non-hydrogen) atoms. The summed E-state index contributed by atoms with van der Waals surface area (Å²) >= 11 is 0. The molecular weight excluding hydrogens is 518 g/mol. The Morgan fingerprint density at radius 1 is 0.912 bits per heavy atom. The maximum atomic E-state index is 13.1. The number of ketones is 1. The average molecular weight is 542 g/mol. The zero-order chi connectivity index (χ0) is 26.1. The normalized spacial score (nSPS) is 32.6. The molecule has 0 amide bonds. The zero-order valence-electron chi connectivity index (χ0n) is 18.1.